The SMILES string of the molecule is CCOC(=O)c1cn(C2CC2)c2ccc(C#CCN3CCNCC3)cc2c1=O. The molecule has 0 amide bonds. The molecule has 1 aliphatic heterocycles. The second-order valence-corrected chi connectivity index (χ2v) is 7.29. The quantitative estimate of drug-likeness (QED) is 0.648. The predicted molar refractivity (Wildman–Crippen MR) is 109 cm³/mol. The van der Waals surface area contributed by atoms with E-state index in [2.05, 4.69) is 22.1 Å². The summed E-state index contributed by atoms with van der Waals surface area (Å²) in [6.07, 6.45) is 3.79. The molecular formula is C22H25N3O3. The van der Waals surface area contributed by atoms with Gasteiger partial charge in [-0.2, -0.15) is 0 Å². The van der Waals surface area contributed by atoms with Crippen LogP contribution in [-0.4, -0.2) is 54.8 Å². The second kappa shape index (κ2) is 8.17. The molecule has 2 aliphatic rings. The lowest BCUT2D eigenvalue weighted by atomic mass is 10.1. The molecular weight excluding hydrogens is 354 g/mol. The highest BCUT2D eigenvalue weighted by Crippen LogP contribution is 2.37. The Bertz CT molecular complexity index is 1010. The van der Waals surface area contributed by atoms with Gasteiger partial charge in [0.1, 0.15) is 5.56 Å². The van der Waals surface area contributed by atoms with E-state index in [4.69, 9.17) is 4.74 Å². The van der Waals surface area contributed by atoms with Crippen molar-refractivity contribution in [3.05, 3.63) is 45.7 Å². The summed E-state index contributed by atoms with van der Waals surface area (Å²) in [4.78, 5) is 27.5. The number of nitrogens with one attached hydrogen (secondary N) is 1. The van der Waals surface area contributed by atoms with Gasteiger partial charge >= 0.3 is 5.97 Å². The molecule has 1 aromatic carbocycles. The third kappa shape index (κ3) is 3.96. The smallest absolute Gasteiger partial charge is 0.343 e. The number of aromatic nitrogens is 1. The number of nitrogens with zero attached hydrogens (tertiary/aromatic N) is 2. The van der Waals surface area contributed by atoms with Gasteiger partial charge in [-0.1, -0.05) is 11.8 Å². The van der Waals surface area contributed by atoms with Gasteiger partial charge in [-0.15, -0.1) is 0 Å². The lowest BCUT2D eigenvalue weighted by molar-refractivity contribution is 0.0524. The zero-order valence-corrected chi connectivity index (χ0v) is 16.2. The molecule has 6 heteroatoms. The number of pyridine rings is 1. The molecule has 146 valence electrons. The first-order valence-corrected chi connectivity index (χ1v) is 9.95. The lowest BCUT2D eigenvalue weighted by Crippen LogP contribution is -2.43. The summed E-state index contributed by atoms with van der Waals surface area (Å²) in [7, 11) is 0. The van der Waals surface area contributed by atoms with Crippen LogP contribution in [0.2, 0.25) is 0 Å². The third-order valence-electron chi connectivity index (χ3n) is 5.21. The molecule has 0 radical (unpaired) electrons. The highest BCUT2D eigenvalue weighted by atomic mass is 16.5. The van der Waals surface area contributed by atoms with Crippen molar-refractivity contribution in [1.29, 1.82) is 0 Å². The van der Waals surface area contributed by atoms with Gasteiger partial charge in [0.25, 0.3) is 0 Å². The van der Waals surface area contributed by atoms with Gasteiger partial charge in [-0.25, -0.2) is 4.79 Å². The molecule has 1 saturated heterocycles. The minimum Gasteiger partial charge on any atom is -0.462 e. The first-order chi connectivity index (χ1) is 13.7. The van der Waals surface area contributed by atoms with E-state index in [0.29, 0.717) is 11.4 Å². The minimum absolute atomic E-state index is 0.104. The summed E-state index contributed by atoms with van der Waals surface area (Å²) in [5.41, 5.74) is 1.47. The Kier molecular flexibility index (Phi) is 5.47. The van der Waals surface area contributed by atoms with Crippen LogP contribution in [0.4, 0.5) is 0 Å². The Hall–Kier alpha value is -2.62. The summed E-state index contributed by atoms with van der Waals surface area (Å²) in [5, 5.41) is 3.86. The van der Waals surface area contributed by atoms with Crippen molar-refractivity contribution in [3.8, 4) is 11.8 Å². The largest absolute Gasteiger partial charge is 0.462 e. The fourth-order valence-corrected chi connectivity index (χ4v) is 3.56. The van der Waals surface area contributed by atoms with Crippen molar-refractivity contribution in [2.24, 2.45) is 0 Å². The average molecular weight is 379 g/mol. The van der Waals surface area contributed by atoms with Gasteiger partial charge in [0, 0.05) is 49.4 Å². The number of esters is 1. The Morgan fingerprint density at radius 1 is 1.29 bits per heavy atom. The average Bonchev–Trinajstić information content (AvgIpc) is 3.55. The summed E-state index contributed by atoms with van der Waals surface area (Å²) >= 11 is 0. The summed E-state index contributed by atoms with van der Waals surface area (Å²) in [5.74, 6) is 5.83. The second-order valence-electron chi connectivity index (χ2n) is 7.29. The first kappa shape index (κ1) is 18.7. The Balaban J connectivity index is 1.68. The van der Waals surface area contributed by atoms with E-state index in [0.717, 1.165) is 56.6 Å². The van der Waals surface area contributed by atoms with Gasteiger partial charge in [-0.05, 0) is 38.0 Å². The number of benzene rings is 1. The maximum absolute atomic E-state index is 12.9. The van der Waals surface area contributed by atoms with E-state index < -0.39 is 5.97 Å². The van der Waals surface area contributed by atoms with E-state index in [9.17, 15) is 9.59 Å². The number of rotatable bonds is 4. The maximum Gasteiger partial charge on any atom is 0.343 e. The van der Waals surface area contributed by atoms with Crippen LogP contribution in [0.25, 0.3) is 10.9 Å². The number of hydrogen-bond acceptors (Lipinski definition) is 5. The van der Waals surface area contributed by atoms with Crippen LogP contribution in [0.1, 0.15) is 41.7 Å². The highest BCUT2D eigenvalue weighted by Gasteiger charge is 2.27. The molecule has 1 aromatic heterocycles. The molecule has 4 rings (SSSR count). The molecule has 2 aromatic rings. The summed E-state index contributed by atoms with van der Waals surface area (Å²) < 4.78 is 7.13. The summed E-state index contributed by atoms with van der Waals surface area (Å²) in [6, 6.07) is 6.05. The van der Waals surface area contributed by atoms with E-state index in [-0.39, 0.29) is 17.6 Å². The maximum atomic E-state index is 12.9. The van der Waals surface area contributed by atoms with Crippen LogP contribution in [-0.2, 0) is 4.74 Å². The van der Waals surface area contributed by atoms with Crippen molar-refractivity contribution in [2.75, 3.05) is 39.3 Å². The molecule has 0 unspecified atom stereocenters. The van der Waals surface area contributed by atoms with Crippen molar-refractivity contribution >= 4 is 16.9 Å². The van der Waals surface area contributed by atoms with Crippen LogP contribution in [0.3, 0.4) is 0 Å². The minimum atomic E-state index is -0.556. The Labute approximate surface area is 164 Å². The van der Waals surface area contributed by atoms with Crippen molar-refractivity contribution < 1.29 is 9.53 Å². The van der Waals surface area contributed by atoms with Crippen molar-refractivity contribution in [2.45, 2.75) is 25.8 Å². The van der Waals surface area contributed by atoms with Gasteiger partial charge in [0.2, 0.25) is 5.43 Å². The first-order valence-electron chi connectivity index (χ1n) is 9.95. The summed E-state index contributed by atoms with van der Waals surface area (Å²) in [6.45, 7) is 6.70. The van der Waals surface area contributed by atoms with Crippen LogP contribution >= 0.6 is 0 Å². The van der Waals surface area contributed by atoms with Gasteiger partial charge in [0.05, 0.1) is 18.7 Å². The predicted octanol–water partition coefficient (Wildman–Crippen LogP) is 1.77. The number of fused-ring (bicyclic) bond motifs is 1. The zero-order chi connectivity index (χ0) is 19.5. The Morgan fingerprint density at radius 3 is 2.79 bits per heavy atom. The van der Waals surface area contributed by atoms with Gasteiger partial charge in [-0.3, -0.25) is 9.69 Å². The van der Waals surface area contributed by atoms with E-state index in [1.165, 1.54) is 0 Å². The fraction of sp³-hybridized carbons (Fsp3) is 0.455. The molecule has 2 heterocycles. The molecule has 0 spiro atoms. The fourth-order valence-electron chi connectivity index (χ4n) is 3.56. The van der Waals surface area contributed by atoms with Crippen molar-refractivity contribution in [1.82, 2.24) is 14.8 Å². The highest BCUT2D eigenvalue weighted by molar-refractivity contribution is 5.94. The topological polar surface area (TPSA) is 63.6 Å². The molecule has 1 N–H and O–H groups in total. The molecule has 28 heavy (non-hydrogen) atoms. The zero-order valence-electron chi connectivity index (χ0n) is 16.2. The molecule has 1 saturated carbocycles. The lowest BCUT2D eigenvalue weighted by Gasteiger charge is -2.24. The Morgan fingerprint density at radius 2 is 2.07 bits per heavy atom. The monoisotopic (exact) mass is 379 g/mol. The van der Waals surface area contributed by atoms with Crippen LogP contribution in [0.5, 0.6) is 0 Å². The van der Waals surface area contributed by atoms with Crippen LogP contribution in [0, 0.1) is 11.8 Å². The molecule has 0 bridgehead atoms. The number of piperazine rings is 1. The number of carbonyl (C=O) groups excluding carboxylic acids is 1. The number of carbonyl (C=O) groups is 1. The normalized spacial score (nSPS) is 17.2. The number of hydrogen-bond donors (Lipinski definition) is 1. The van der Waals surface area contributed by atoms with Crippen molar-refractivity contribution in [3.63, 3.8) is 0 Å². The number of ether oxygens (including phenoxy) is 1. The third-order valence-corrected chi connectivity index (χ3v) is 5.21. The van der Waals surface area contributed by atoms with Gasteiger partial charge in [0.15, 0.2) is 0 Å². The van der Waals surface area contributed by atoms with Crippen LogP contribution < -0.4 is 10.7 Å². The standard InChI is InChI=1S/C22H25N3O3/c1-2-28-22(27)19-15-25(17-6-7-17)20-8-5-16(14-18(20)21(19)26)4-3-11-24-12-9-23-10-13-24/h5,8,14-15,17,23H,2,6-7,9-13H2,1H3. The van der Waals surface area contributed by atoms with E-state index in [1.54, 1.807) is 13.1 Å². The van der Waals surface area contributed by atoms with Crippen LogP contribution in [0.15, 0.2) is 29.2 Å². The molecule has 2 fully saturated rings. The van der Waals surface area contributed by atoms with Gasteiger partial charge < -0.3 is 14.6 Å². The van der Waals surface area contributed by atoms with E-state index >= 15 is 0 Å². The molecule has 0 atom stereocenters. The molecule has 1 aliphatic carbocycles. The molecule has 6 nitrogen and oxygen atoms in total. The van der Waals surface area contributed by atoms with E-state index in [1.807, 2.05) is 22.8 Å².